The van der Waals surface area contributed by atoms with Gasteiger partial charge in [0.1, 0.15) is 11.6 Å². The van der Waals surface area contributed by atoms with Crippen molar-refractivity contribution in [2.24, 2.45) is 5.73 Å². The van der Waals surface area contributed by atoms with Crippen LogP contribution in [0.25, 0.3) is 5.69 Å². The molecule has 2 radical (unpaired) electrons. The standard InChI is InChI=1S/C19H20F3N3O3.BHS/c1-9-3-4-13(26)10(2)14(9)25-15(23)11(16(24)27)7-12(17(25)28)18(5-6-18)8-19(20,21)22;1-2/h3-4,7,26H,5-6,8,23H2,1-2H3,(H2,24,27);2H. The quantitative estimate of drug-likeness (QED) is 0.434. The van der Waals surface area contributed by atoms with Crippen LogP contribution in [0.1, 0.15) is 46.3 Å². The van der Waals surface area contributed by atoms with Gasteiger partial charge in [0.25, 0.3) is 11.5 Å². The van der Waals surface area contributed by atoms with E-state index in [1.807, 2.05) is 0 Å². The molecule has 160 valence electrons. The van der Waals surface area contributed by atoms with Gasteiger partial charge in [-0.2, -0.15) is 13.2 Å². The van der Waals surface area contributed by atoms with Crippen LogP contribution in [-0.2, 0) is 5.41 Å². The van der Waals surface area contributed by atoms with E-state index >= 15 is 0 Å². The molecule has 30 heavy (non-hydrogen) atoms. The molecule has 1 aromatic heterocycles. The number of hydrogen-bond acceptors (Lipinski definition) is 5. The molecule has 0 spiro atoms. The Balaban J connectivity index is 0.00000155. The number of aryl methyl sites for hydroxylation is 1. The summed E-state index contributed by atoms with van der Waals surface area (Å²) in [6, 6.07) is 4.06. The minimum atomic E-state index is -4.47. The number of benzene rings is 1. The molecule has 0 bridgehead atoms. The molecule has 0 atom stereocenters. The van der Waals surface area contributed by atoms with Gasteiger partial charge >= 0.3 is 6.18 Å². The second-order valence-corrected chi connectivity index (χ2v) is 7.31. The van der Waals surface area contributed by atoms with E-state index in [2.05, 4.69) is 19.6 Å². The second-order valence-electron chi connectivity index (χ2n) is 7.31. The van der Waals surface area contributed by atoms with Gasteiger partial charge in [0.05, 0.1) is 17.7 Å². The van der Waals surface area contributed by atoms with E-state index in [4.69, 9.17) is 11.5 Å². The molecule has 1 fully saturated rings. The van der Waals surface area contributed by atoms with Crippen LogP contribution < -0.4 is 17.0 Å². The maximum Gasteiger partial charge on any atom is 0.389 e. The zero-order valence-corrected chi connectivity index (χ0v) is 17.3. The highest BCUT2D eigenvalue weighted by molar-refractivity contribution is 8.03. The van der Waals surface area contributed by atoms with Crippen molar-refractivity contribution in [3.63, 3.8) is 0 Å². The van der Waals surface area contributed by atoms with Crippen molar-refractivity contribution in [2.45, 2.75) is 44.7 Å². The number of carbonyl (C=O) groups is 1. The number of pyridine rings is 1. The van der Waals surface area contributed by atoms with Crippen LogP contribution in [0.5, 0.6) is 5.75 Å². The first-order chi connectivity index (χ1) is 13.9. The zero-order chi connectivity index (χ0) is 23.0. The van der Waals surface area contributed by atoms with Crippen LogP contribution in [-0.4, -0.2) is 28.9 Å². The highest BCUT2D eigenvalue weighted by atomic mass is 32.1. The number of aromatic hydroxyl groups is 1. The van der Waals surface area contributed by atoms with Crippen LogP contribution in [0.15, 0.2) is 23.0 Å². The predicted molar refractivity (Wildman–Crippen MR) is 112 cm³/mol. The number of amides is 1. The van der Waals surface area contributed by atoms with E-state index in [0.29, 0.717) is 11.1 Å². The van der Waals surface area contributed by atoms with Crippen LogP contribution in [0, 0.1) is 13.8 Å². The highest BCUT2D eigenvalue weighted by Crippen LogP contribution is 2.54. The molecule has 2 aromatic rings. The Kier molecular flexibility index (Phi) is 6.56. The Morgan fingerprint density at radius 2 is 1.87 bits per heavy atom. The third-order valence-electron chi connectivity index (χ3n) is 5.30. The van der Waals surface area contributed by atoms with Crippen molar-refractivity contribution >= 4 is 31.3 Å². The lowest BCUT2D eigenvalue weighted by Crippen LogP contribution is -2.34. The molecule has 11 heteroatoms. The normalized spacial score (nSPS) is 14.6. The Morgan fingerprint density at radius 3 is 2.33 bits per heavy atom. The van der Waals surface area contributed by atoms with E-state index < -0.39 is 29.5 Å². The molecule has 0 aliphatic heterocycles. The molecule has 1 aliphatic carbocycles. The summed E-state index contributed by atoms with van der Waals surface area (Å²) in [6.07, 6.45) is -5.31. The molecule has 6 nitrogen and oxygen atoms in total. The number of phenols is 1. The number of halogens is 3. The highest BCUT2D eigenvalue weighted by Gasteiger charge is 2.53. The van der Waals surface area contributed by atoms with Gasteiger partial charge in [-0.3, -0.25) is 14.2 Å². The van der Waals surface area contributed by atoms with Crippen LogP contribution in [0.4, 0.5) is 19.0 Å². The average molecular weight is 439 g/mol. The Bertz CT molecular complexity index is 1050. The molecule has 1 saturated carbocycles. The number of hydrogen-bond donors (Lipinski definition) is 4. The number of nitrogen functional groups attached to an aromatic ring is 1. The fourth-order valence-electron chi connectivity index (χ4n) is 3.67. The van der Waals surface area contributed by atoms with Crippen molar-refractivity contribution in [3.05, 3.63) is 50.8 Å². The lowest BCUT2D eigenvalue weighted by molar-refractivity contribution is -0.141. The lowest BCUT2D eigenvalue weighted by atomic mass is 9.91. The largest absolute Gasteiger partial charge is 0.508 e. The fourth-order valence-corrected chi connectivity index (χ4v) is 3.67. The SMILES string of the molecule is Cc1ccc(O)c(C)c1-n1c(N)c(C(N)=O)cc(C2(CC(F)(F)F)CC2)c1=O.[B]S. The number of thiol groups is 1. The van der Waals surface area contributed by atoms with Crippen molar-refractivity contribution in [1.29, 1.82) is 0 Å². The summed E-state index contributed by atoms with van der Waals surface area (Å²) in [5, 5.41) is 10.0. The van der Waals surface area contributed by atoms with Crippen molar-refractivity contribution in [1.82, 2.24) is 4.57 Å². The molecule has 0 saturated heterocycles. The molecular formula is C19H21BF3N3O3S. The van der Waals surface area contributed by atoms with Gasteiger partial charge in [-0.1, -0.05) is 6.07 Å². The van der Waals surface area contributed by atoms with Crippen LogP contribution in [0.3, 0.4) is 0 Å². The van der Waals surface area contributed by atoms with Gasteiger partial charge in [0, 0.05) is 16.5 Å². The van der Waals surface area contributed by atoms with E-state index in [-0.39, 0.29) is 41.2 Å². The maximum atomic E-state index is 13.2. The number of rotatable bonds is 4. The summed E-state index contributed by atoms with van der Waals surface area (Å²) in [5.41, 5.74) is 9.95. The second kappa shape index (κ2) is 8.29. The van der Waals surface area contributed by atoms with Gasteiger partial charge < -0.3 is 16.6 Å². The number of phenolic OH excluding ortho intramolecular Hbond substituents is 1. The summed E-state index contributed by atoms with van der Waals surface area (Å²) in [4.78, 5) is 25.1. The molecule has 0 unspecified atom stereocenters. The number of nitrogens with two attached hydrogens (primary N) is 2. The van der Waals surface area contributed by atoms with Gasteiger partial charge in [0.2, 0.25) is 0 Å². The van der Waals surface area contributed by atoms with Crippen LogP contribution in [0.2, 0.25) is 0 Å². The number of anilines is 1. The topological polar surface area (TPSA) is 111 Å². The van der Waals surface area contributed by atoms with E-state index in [1.54, 1.807) is 19.9 Å². The molecule has 1 amide bonds. The van der Waals surface area contributed by atoms with Crippen molar-refractivity contribution in [3.8, 4) is 11.4 Å². The monoisotopic (exact) mass is 439 g/mol. The van der Waals surface area contributed by atoms with Gasteiger partial charge in [-0.25, -0.2) is 12.5 Å². The minimum Gasteiger partial charge on any atom is -0.508 e. The van der Waals surface area contributed by atoms with Crippen molar-refractivity contribution in [2.75, 3.05) is 5.73 Å². The molecular weight excluding hydrogens is 418 g/mol. The summed E-state index contributed by atoms with van der Waals surface area (Å²) in [5.74, 6) is -1.35. The first kappa shape index (κ1) is 23.7. The average Bonchev–Trinajstić information content (AvgIpc) is 3.40. The third-order valence-corrected chi connectivity index (χ3v) is 5.30. The molecule has 1 aliphatic rings. The van der Waals surface area contributed by atoms with E-state index in [0.717, 1.165) is 10.6 Å². The number of carbonyl (C=O) groups excluding carboxylic acids is 1. The summed E-state index contributed by atoms with van der Waals surface area (Å²) in [7, 11) is 4.19. The van der Waals surface area contributed by atoms with Gasteiger partial charge in [-0.15, -0.1) is 0 Å². The Labute approximate surface area is 177 Å². The van der Waals surface area contributed by atoms with Crippen LogP contribution >= 0.6 is 12.5 Å². The number of aromatic nitrogens is 1. The fraction of sp³-hybridized carbons (Fsp3) is 0.368. The molecule has 5 N–H and O–H groups in total. The van der Waals surface area contributed by atoms with E-state index in [1.165, 1.54) is 6.07 Å². The lowest BCUT2D eigenvalue weighted by Gasteiger charge is -2.23. The van der Waals surface area contributed by atoms with Crippen molar-refractivity contribution < 1.29 is 23.1 Å². The Hall–Kier alpha value is -2.56. The smallest absolute Gasteiger partial charge is 0.389 e. The Morgan fingerprint density at radius 1 is 1.30 bits per heavy atom. The summed E-state index contributed by atoms with van der Waals surface area (Å²) >= 11 is 3.03. The zero-order valence-electron chi connectivity index (χ0n) is 16.4. The predicted octanol–water partition coefficient (Wildman–Crippen LogP) is 2.82. The minimum absolute atomic E-state index is 0.116. The maximum absolute atomic E-state index is 13.2. The first-order valence-corrected chi connectivity index (χ1v) is 9.37. The molecule has 1 heterocycles. The first-order valence-electron chi connectivity index (χ1n) is 8.86. The number of nitrogens with zero attached hydrogens (tertiary/aromatic N) is 1. The third kappa shape index (κ3) is 4.30. The van der Waals surface area contributed by atoms with E-state index in [9.17, 15) is 27.9 Å². The van der Waals surface area contributed by atoms with Gasteiger partial charge in [-0.05, 0) is 44.4 Å². The summed E-state index contributed by atoms with van der Waals surface area (Å²) in [6.45, 7) is 3.20. The van der Waals surface area contributed by atoms with Gasteiger partial charge in [0.15, 0.2) is 7.12 Å². The number of alkyl halides is 3. The summed E-state index contributed by atoms with van der Waals surface area (Å²) < 4.78 is 40.3. The molecule has 3 rings (SSSR count). The molecule has 1 aromatic carbocycles. The number of primary amides is 1.